The number of nitrogens with one attached hydrogen (secondary N) is 2. The summed E-state index contributed by atoms with van der Waals surface area (Å²) in [4.78, 5) is 15.1. The van der Waals surface area contributed by atoms with Crippen molar-refractivity contribution in [2.45, 2.75) is 45.2 Å². The van der Waals surface area contributed by atoms with Gasteiger partial charge in [0.05, 0.1) is 31.1 Å². The minimum Gasteiger partial charge on any atom is -0.463 e. The van der Waals surface area contributed by atoms with Crippen LogP contribution in [-0.2, 0) is 30.7 Å². The lowest BCUT2D eigenvalue weighted by molar-refractivity contribution is -0.928. The summed E-state index contributed by atoms with van der Waals surface area (Å²) in [6, 6.07) is 9.92. The molecule has 0 fully saturated rings. The van der Waals surface area contributed by atoms with E-state index in [1.807, 2.05) is 24.3 Å². The number of amides is 1. The van der Waals surface area contributed by atoms with Gasteiger partial charge in [0.15, 0.2) is 11.5 Å². The van der Waals surface area contributed by atoms with Crippen molar-refractivity contribution >= 4 is 22.2 Å². The number of furan rings is 2. The summed E-state index contributed by atoms with van der Waals surface area (Å²) >= 11 is 1.57. The van der Waals surface area contributed by atoms with Crippen LogP contribution in [-0.4, -0.2) is 12.5 Å². The molecule has 4 rings (SSSR count). The molecule has 0 atom stereocenters. The van der Waals surface area contributed by atoms with Gasteiger partial charge in [-0.3, -0.25) is 4.79 Å². The van der Waals surface area contributed by atoms with Gasteiger partial charge in [0.25, 0.3) is 0 Å². The van der Waals surface area contributed by atoms with Crippen LogP contribution in [0.2, 0.25) is 0 Å². The van der Waals surface area contributed by atoms with Gasteiger partial charge >= 0.3 is 0 Å². The van der Waals surface area contributed by atoms with Gasteiger partial charge in [-0.2, -0.15) is 5.26 Å². The lowest BCUT2D eigenvalue weighted by atomic mass is 9.96. The van der Waals surface area contributed by atoms with Crippen LogP contribution in [0, 0.1) is 11.3 Å². The Labute approximate surface area is 173 Å². The Kier molecular flexibility index (Phi) is 6.13. The summed E-state index contributed by atoms with van der Waals surface area (Å²) in [5.41, 5.74) is 1.80. The van der Waals surface area contributed by atoms with Crippen LogP contribution in [0.5, 0.6) is 0 Å². The minimum absolute atomic E-state index is 0.0588. The van der Waals surface area contributed by atoms with Crippen LogP contribution in [0.4, 0.5) is 5.00 Å². The molecule has 0 aliphatic heterocycles. The van der Waals surface area contributed by atoms with E-state index in [1.165, 1.54) is 9.78 Å². The number of nitrogens with zero attached hydrogens (tertiary/aromatic N) is 1. The Morgan fingerprint density at radius 1 is 1.14 bits per heavy atom. The Bertz CT molecular complexity index is 947. The monoisotopic (exact) mass is 410 g/mol. The smallest absolute Gasteiger partial charge is 0.230 e. The maximum atomic E-state index is 12.6. The summed E-state index contributed by atoms with van der Waals surface area (Å²) in [7, 11) is 0. The predicted molar refractivity (Wildman–Crippen MR) is 110 cm³/mol. The van der Waals surface area contributed by atoms with Gasteiger partial charge < -0.3 is 19.1 Å². The number of carbonyl (C=O) groups is 1. The normalized spacial score (nSPS) is 13.2. The van der Waals surface area contributed by atoms with Crippen molar-refractivity contribution in [3.05, 3.63) is 64.3 Å². The number of rotatable bonds is 8. The van der Waals surface area contributed by atoms with Crippen molar-refractivity contribution in [3.8, 4) is 6.07 Å². The zero-order valence-corrected chi connectivity index (χ0v) is 17.0. The molecule has 3 aromatic heterocycles. The average molecular weight is 411 g/mol. The van der Waals surface area contributed by atoms with Crippen LogP contribution >= 0.6 is 11.3 Å². The second kappa shape index (κ2) is 9.12. The number of hydrogen-bond donors (Lipinski definition) is 2. The largest absolute Gasteiger partial charge is 0.463 e. The number of aryl methyl sites for hydroxylation is 1. The fourth-order valence-corrected chi connectivity index (χ4v) is 5.07. The molecule has 0 saturated heterocycles. The van der Waals surface area contributed by atoms with Crippen molar-refractivity contribution in [2.75, 3.05) is 11.9 Å². The molecular weight excluding hydrogens is 386 g/mol. The molecule has 0 spiro atoms. The van der Waals surface area contributed by atoms with Gasteiger partial charge in [0.1, 0.15) is 24.2 Å². The van der Waals surface area contributed by atoms with Gasteiger partial charge in [0, 0.05) is 4.88 Å². The van der Waals surface area contributed by atoms with Crippen molar-refractivity contribution in [1.82, 2.24) is 0 Å². The molecule has 0 unspecified atom stereocenters. The first kappa shape index (κ1) is 19.5. The number of quaternary nitrogens is 1. The van der Waals surface area contributed by atoms with Gasteiger partial charge in [-0.05, 0) is 55.5 Å². The number of carbonyl (C=O) groups excluding carboxylic acids is 1. The third-order valence-corrected chi connectivity index (χ3v) is 6.46. The van der Waals surface area contributed by atoms with E-state index in [9.17, 15) is 10.1 Å². The summed E-state index contributed by atoms with van der Waals surface area (Å²) in [5, 5.41) is 13.3. The first-order chi connectivity index (χ1) is 14.2. The molecule has 6 nitrogen and oxygen atoms in total. The first-order valence-corrected chi connectivity index (χ1v) is 10.8. The Morgan fingerprint density at radius 3 is 2.45 bits per heavy atom. The van der Waals surface area contributed by atoms with E-state index < -0.39 is 0 Å². The van der Waals surface area contributed by atoms with Gasteiger partial charge in [-0.1, -0.05) is 0 Å². The van der Waals surface area contributed by atoms with Crippen LogP contribution < -0.4 is 10.2 Å². The minimum atomic E-state index is -0.0588. The molecule has 3 aromatic rings. The molecule has 0 bridgehead atoms. The highest BCUT2D eigenvalue weighted by Gasteiger charge is 2.22. The molecule has 0 aromatic carbocycles. The predicted octanol–water partition coefficient (Wildman–Crippen LogP) is 3.30. The zero-order chi connectivity index (χ0) is 20.1. The van der Waals surface area contributed by atoms with Crippen molar-refractivity contribution in [2.24, 2.45) is 0 Å². The maximum absolute atomic E-state index is 12.6. The van der Waals surface area contributed by atoms with E-state index in [4.69, 9.17) is 8.83 Å². The van der Waals surface area contributed by atoms with E-state index in [0.29, 0.717) is 36.6 Å². The molecule has 29 heavy (non-hydrogen) atoms. The molecule has 0 radical (unpaired) electrons. The number of nitriles is 1. The highest BCUT2D eigenvalue weighted by atomic mass is 32.1. The second-order valence-electron chi connectivity index (χ2n) is 7.34. The van der Waals surface area contributed by atoms with Gasteiger partial charge in [0.2, 0.25) is 5.91 Å². The molecule has 7 heteroatoms. The molecule has 1 aliphatic rings. The molecule has 2 N–H and O–H groups in total. The van der Waals surface area contributed by atoms with Crippen molar-refractivity contribution in [1.29, 1.82) is 5.26 Å². The summed E-state index contributed by atoms with van der Waals surface area (Å²) in [5.74, 6) is 1.70. The van der Waals surface area contributed by atoms with Crippen LogP contribution in [0.25, 0.3) is 0 Å². The standard InChI is InChI=1S/C22H23N3O3S/c23-13-19-18-7-1-2-8-20(18)29-22(19)24-21(26)9-10-25(14-16-5-3-11-27-16)15-17-6-4-12-28-17/h3-6,11-12H,1-2,7-10,14-15H2,(H,24,26)/p+1. The second-order valence-corrected chi connectivity index (χ2v) is 8.44. The van der Waals surface area contributed by atoms with Crippen LogP contribution in [0.15, 0.2) is 45.6 Å². The quantitative estimate of drug-likeness (QED) is 0.597. The van der Waals surface area contributed by atoms with E-state index in [-0.39, 0.29) is 5.91 Å². The highest BCUT2D eigenvalue weighted by molar-refractivity contribution is 7.16. The number of hydrogen-bond acceptors (Lipinski definition) is 5. The van der Waals surface area contributed by atoms with Crippen LogP contribution in [0.1, 0.15) is 46.8 Å². The van der Waals surface area contributed by atoms with Gasteiger partial charge in [-0.25, -0.2) is 0 Å². The maximum Gasteiger partial charge on any atom is 0.230 e. The fourth-order valence-electron chi connectivity index (χ4n) is 3.81. The van der Waals surface area contributed by atoms with E-state index in [0.717, 1.165) is 42.8 Å². The Balaban J connectivity index is 1.39. The molecule has 1 amide bonds. The SMILES string of the molecule is N#Cc1c(NC(=O)CC[NH+](Cc2ccco2)Cc2ccco2)sc2c1CCCC2. The van der Waals surface area contributed by atoms with E-state index >= 15 is 0 Å². The number of anilines is 1. The lowest BCUT2D eigenvalue weighted by Crippen LogP contribution is -3.09. The van der Waals surface area contributed by atoms with E-state index in [1.54, 1.807) is 23.9 Å². The molecule has 0 saturated carbocycles. The van der Waals surface area contributed by atoms with Gasteiger partial charge in [-0.15, -0.1) is 11.3 Å². The topological polar surface area (TPSA) is 83.6 Å². The molecule has 150 valence electrons. The first-order valence-electron chi connectivity index (χ1n) is 9.95. The van der Waals surface area contributed by atoms with E-state index in [2.05, 4.69) is 11.4 Å². The third-order valence-electron chi connectivity index (χ3n) is 5.25. The molecule has 3 heterocycles. The average Bonchev–Trinajstić information content (AvgIpc) is 3.47. The summed E-state index contributed by atoms with van der Waals surface area (Å²) in [6.45, 7) is 2.00. The third kappa shape index (κ3) is 4.78. The lowest BCUT2D eigenvalue weighted by Gasteiger charge is -2.17. The zero-order valence-electron chi connectivity index (χ0n) is 16.2. The highest BCUT2D eigenvalue weighted by Crippen LogP contribution is 2.37. The van der Waals surface area contributed by atoms with Crippen LogP contribution in [0.3, 0.4) is 0 Å². The van der Waals surface area contributed by atoms with Crippen molar-refractivity contribution in [3.63, 3.8) is 0 Å². The molecular formula is C22H24N3O3S+. The Morgan fingerprint density at radius 2 is 1.83 bits per heavy atom. The Hall–Kier alpha value is -2.82. The number of thiophene rings is 1. The summed E-state index contributed by atoms with van der Waals surface area (Å²) < 4.78 is 11.0. The number of fused-ring (bicyclic) bond motifs is 1. The molecule has 1 aliphatic carbocycles. The van der Waals surface area contributed by atoms with Crippen molar-refractivity contribution < 1.29 is 18.5 Å². The fraction of sp³-hybridized carbons (Fsp3) is 0.364. The summed E-state index contributed by atoms with van der Waals surface area (Å²) in [6.07, 6.45) is 7.91.